The summed E-state index contributed by atoms with van der Waals surface area (Å²) in [5, 5.41) is 0. The third-order valence-corrected chi connectivity index (χ3v) is 4.96. The van der Waals surface area contributed by atoms with Crippen molar-refractivity contribution in [3.05, 3.63) is 35.9 Å². The third kappa shape index (κ3) is 3.87. The van der Waals surface area contributed by atoms with Crippen LogP contribution in [0.5, 0.6) is 0 Å². The molecule has 1 aromatic carbocycles. The van der Waals surface area contributed by atoms with Crippen molar-refractivity contribution < 1.29 is 9.53 Å². The molecule has 3 rings (SSSR count). The first-order chi connectivity index (χ1) is 10.7. The fraction of sp³-hybridized carbons (Fsp3) is 0.611. The van der Waals surface area contributed by atoms with Gasteiger partial charge in [0.2, 0.25) is 5.91 Å². The second-order valence-corrected chi connectivity index (χ2v) is 6.59. The Kier molecular flexibility index (Phi) is 5.11. The summed E-state index contributed by atoms with van der Waals surface area (Å²) in [6, 6.07) is 10.2. The molecule has 0 saturated carbocycles. The maximum atomic E-state index is 12.1. The number of nitrogens with zero attached hydrogens (tertiary/aromatic N) is 2. The van der Waals surface area contributed by atoms with Crippen LogP contribution in [0.4, 0.5) is 0 Å². The van der Waals surface area contributed by atoms with E-state index in [4.69, 9.17) is 4.74 Å². The SMILES string of the molecule is CN1CCC(CCN2CC(c3ccccc3)OCC2=O)CC1. The van der Waals surface area contributed by atoms with E-state index in [-0.39, 0.29) is 18.6 Å². The van der Waals surface area contributed by atoms with Crippen LogP contribution in [0.1, 0.15) is 30.9 Å². The van der Waals surface area contributed by atoms with Crippen LogP contribution >= 0.6 is 0 Å². The molecule has 2 heterocycles. The molecule has 22 heavy (non-hydrogen) atoms. The third-order valence-electron chi connectivity index (χ3n) is 4.96. The lowest BCUT2D eigenvalue weighted by Crippen LogP contribution is -2.44. The summed E-state index contributed by atoms with van der Waals surface area (Å²) in [4.78, 5) is 16.5. The molecule has 1 aromatic rings. The highest BCUT2D eigenvalue weighted by atomic mass is 16.5. The first-order valence-corrected chi connectivity index (χ1v) is 8.35. The van der Waals surface area contributed by atoms with Gasteiger partial charge in [0.15, 0.2) is 0 Å². The Morgan fingerprint density at radius 2 is 1.91 bits per heavy atom. The molecule has 2 aliphatic heterocycles. The van der Waals surface area contributed by atoms with Gasteiger partial charge in [0.1, 0.15) is 12.7 Å². The molecule has 0 N–H and O–H groups in total. The Bertz CT molecular complexity index is 483. The predicted molar refractivity (Wildman–Crippen MR) is 86.6 cm³/mol. The molecule has 2 saturated heterocycles. The lowest BCUT2D eigenvalue weighted by molar-refractivity contribution is -0.149. The molecule has 4 heteroatoms. The summed E-state index contributed by atoms with van der Waals surface area (Å²) in [6.07, 6.45) is 3.67. The van der Waals surface area contributed by atoms with E-state index in [1.165, 1.54) is 31.5 Å². The average molecular weight is 302 g/mol. The first-order valence-electron chi connectivity index (χ1n) is 8.35. The Morgan fingerprint density at radius 1 is 1.18 bits per heavy atom. The monoisotopic (exact) mass is 302 g/mol. The quantitative estimate of drug-likeness (QED) is 0.856. The molecule has 1 unspecified atom stereocenters. The van der Waals surface area contributed by atoms with Gasteiger partial charge in [-0.25, -0.2) is 0 Å². The van der Waals surface area contributed by atoms with Crippen LogP contribution in [0.15, 0.2) is 30.3 Å². The van der Waals surface area contributed by atoms with Crippen molar-refractivity contribution in [1.82, 2.24) is 9.80 Å². The van der Waals surface area contributed by atoms with Crippen molar-refractivity contribution in [2.24, 2.45) is 5.92 Å². The van der Waals surface area contributed by atoms with Gasteiger partial charge in [0.25, 0.3) is 0 Å². The Morgan fingerprint density at radius 3 is 2.64 bits per heavy atom. The number of morpholine rings is 1. The maximum absolute atomic E-state index is 12.1. The lowest BCUT2D eigenvalue weighted by Gasteiger charge is -2.35. The molecule has 1 atom stereocenters. The zero-order valence-electron chi connectivity index (χ0n) is 13.4. The van der Waals surface area contributed by atoms with E-state index in [0.717, 1.165) is 18.9 Å². The number of hydrogen-bond acceptors (Lipinski definition) is 3. The van der Waals surface area contributed by atoms with Gasteiger partial charge >= 0.3 is 0 Å². The summed E-state index contributed by atoms with van der Waals surface area (Å²) >= 11 is 0. The Labute approximate surface area is 133 Å². The second kappa shape index (κ2) is 7.25. The fourth-order valence-electron chi connectivity index (χ4n) is 3.39. The highest BCUT2D eigenvalue weighted by molar-refractivity contribution is 5.78. The molecular formula is C18H26N2O2. The molecular weight excluding hydrogens is 276 g/mol. The minimum absolute atomic E-state index is 0.0244. The van der Waals surface area contributed by atoms with Crippen LogP contribution < -0.4 is 0 Å². The maximum Gasteiger partial charge on any atom is 0.248 e. The average Bonchev–Trinajstić information content (AvgIpc) is 2.56. The van der Waals surface area contributed by atoms with E-state index in [0.29, 0.717) is 6.54 Å². The van der Waals surface area contributed by atoms with Crippen LogP contribution in [-0.4, -0.2) is 55.5 Å². The summed E-state index contributed by atoms with van der Waals surface area (Å²) in [7, 11) is 2.19. The zero-order valence-corrected chi connectivity index (χ0v) is 13.4. The highest BCUT2D eigenvalue weighted by Gasteiger charge is 2.28. The van der Waals surface area contributed by atoms with Crippen LogP contribution in [0, 0.1) is 5.92 Å². The van der Waals surface area contributed by atoms with Crippen molar-refractivity contribution in [3.63, 3.8) is 0 Å². The number of carbonyl (C=O) groups excluding carboxylic acids is 1. The van der Waals surface area contributed by atoms with E-state index < -0.39 is 0 Å². The number of carbonyl (C=O) groups is 1. The molecule has 4 nitrogen and oxygen atoms in total. The number of rotatable bonds is 4. The van der Waals surface area contributed by atoms with Gasteiger partial charge in [0, 0.05) is 6.54 Å². The summed E-state index contributed by atoms with van der Waals surface area (Å²) in [5.41, 5.74) is 1.17. The van der Waals surface area contributed by atoms with Crippen molar-refractivity contribution in [3.8, 4) is 0 Å². The molecule has 2 fully saturated rings. The highest BCUT2D eigenvalue weighted by Crippen LogP contribution is 2.25. The molecule has 120 valence electrons. The number of likely N-dealkylation sites (tertiary alicyclic amines) is 1. The minimum Gasteiger partial charge on any atom is -0.362 e. The summed E-state index contributed by atoms with van der Waals surface area (Å²) in [5.74, 6) is 0.905. The van der Waals surface area contributed by atoms with E-state index in [9.17, 15) is 4.79 Å². The van der Waals surface area contributed by atoms with Crippen molar-refractivity contribution in [2.45, 2.75) is 25.4 Å². The lowest BCUT2D eigenvalue weighted by atomic mass is 9.93. The van der Waals surface area contributed by atoms with Crippen LogP contribution in [0.2, 0.25) is 0 Å². The van der Waals surface area contributed by atoms with Gasteiger partial charge in [0.05, 0.1) is 6.54 Å². The van der Waals surface area contributed by atoms with Gasteiger partial charge in [-0.1, -0.05) is 30.3 Å². The number of ether oxygens (including phenoxy) is 1. The normalized spacial score (nSPS) is 24.7. The smallest absolute Gasteiger partial charge is 0.248 e. The Balaban J connectivity index is 1.52. The van der Waals surface area contributed by atoms with Crippen molar-refractivity contribution >= 4 is 5.91 Å². The summed E-state index contributed by atoms with van der Waals surface area (Å²) < 4.78 is 5.71. The van der Waals surface area contributed by atoms with Gasteiger partial charge in [-0.2, -0.15) is 0 Å². The molecule has 0 aromatic heterocycles. The zero-order chi connectivity index (χ0) is 15.4. The predicted octanol–water partition coefficient (Wildman–Crippen LogP) is 2.32. The van der Waals surface area contributed by atoms with E-state index in [1.54, 1.807) is 0 Å². The minimum atomic E-state index is 0.0244. The molecule has 2 aliphatic rings. The first kappa shape index (κ1) is 15.5. The van der Waals surface area contributed by atoms with Crippen molar-refractivity contribution in [2.75, 3.05) is 39.8 Å². The molecule has 0 bridgehead atoms. The van der Waals surface area contributed by atoms with Crippen LogP contribution in [-0.2, 0) is 9.53 Å². The largest absolute Gasteiger partial charge is 0.362 e. The molecule has 0 radical (unpaired) electrons. The van der Waals surface area contributed by atoms with E-state index >= 15 is 0 Å². The molecule has 0 spiro atoms. The van der Waals surface area contributed by atoms with Gasteiger partial charge in [-0.3, -0.25) is 4.79 Å². The number of benzene rings is 1. The molecule has 1 amide bonds. The number of piperidine rings is 1. The number of hydrogen-bond donors (Lipinski definition) is 0. The van der Waals surface area contributed by atoms with Gasteiger partial charge in [-0.15, -0.1) is 0 Å². The number of amides is 1. The molecule has 0 aliphatic carbocycles. The van der Waals surface area contributed by atoms with Crippen LogP contribution in [0.3, 0.4) is 0 Å². The van der Waals surface area contributed by atoms with E-state index in [2.05, 4.69) is 24.1 Å². The topological polar surface area (TPSA) is 32.8 Å². The van der Waals surface area contributed by atoms with Gasteiger partial charge in [-0.05, 0) is 50.9 Å². The van der Waals surface area contributed by atoms with Gasteiger partial charge < -0.3 is 14.5 Å². The van der Waals surface area contributed by atoms with E-state index in [1.807, 2.05) is 23.1 Å². The standard InChI is InChI=1S/C18H26N2O2/c1-19-10-7-15(8-11-19)9-12-20-13-17(22-14-18(20)21)16-5-3-2-4-6-16/h2-6,15,17H,7-14H2,1H3. The van der Waals surface area contributed by atoms with Crippen LogP contribution in [0.25, 0.3) is 0 Å². The Hall–Kier alpha value is -1.39. The second-order valence-electron chi connectivity index (χ2n) is 6.59. The van der Waals surface area contributed by atoms with Crippen molar-refractivity contribution in [1.29, 1.82) is 0 Å². The summed E-state index contributed by atoms with van der Waals surface area (Å²) in [6.45, 7) is 4.16. The fourth-order valence-corrected chi connectivity index (χ4v) is 3.39.